The van der Waals surface area contributed by atoms with Crippen molar-refractivity contribution in [2.75, 3.05) is 0 Å². The predicted octanol–water partition coefficient (Wildman–Crippen LogP) is 6.53. The molecule has 1 saturated carbocycles. The topological polar surface area (TPSA) is 0 Å². The van der Waals surface area contributed by atoms with Gasteiger partial charge in [-0.1, -0.05) is 88.3 Å². The van der Waals surface area contributed by atoms with Crippen molar-refractivity contribution in [1.29, 1.82) is 0 Å². The second kappa shape index (κ2) is 5.85. The number of alkyl halides is 4. The monoisotopic (exact) mass is 472 g/mol. The van der Waals surface area contributed by atoms with Crippen LogP contribution in [-0.2, 0) is 0 Å². The summed E-state index contributed by atoms with van der Waals surface area (Å²) < 4.78 is 0.442. The average Bonchev–Trinajstić information content (AvgIpc) is 2.14. The van der Waals surface area contributed by atoms with Gasteiger partial charge < -0.3 is 0 Å². The summed E-state index contributed by atoms with van der Waals surface area (Å²) >= 11 is 14.5. The molecule has 1 aromatic rings. The Morgan fingerprint density at radius 1 is 1.00 bits per heavy atom. The van der Waals surface area contributed by atoms with Crippen LogP contribution in [0.15, 0.2) is 18.2 Å². The molecule has 1 aliphatic carbocycles. The Balaban J connectivity index is 2.46. The largest absolute Gasteiger partial charge is 0.0952 e. The molecule has 4 heteroatoms. The summed E-state index contributed by atoms with van der Waals surface area (Å²) in [7, 11) is 0. The quantitative estimate of drug-likeness (QED) is 0.436. The highest BCUT2D eigenvalue weighted by Gasteiger charge is 2.26. The van der Waals surface area contributed by atoms with Gasteiger partial charge in [0.1, 0.15) is 0 Å². The maximum absolute atomic E-state index is 3.65. The van der Waals surface area contributed by atoms with Crippen LogP contribution in [0.5, 0.6) is 0 Å². The van der Waals surface area contributed by atoms with Crippen molar-refractivity contribution in [3.63, 3.8) is 0 Å². The van der Waals surface area contributed by atoms with Crippen LogP contribution in [0.2, 0.25) is 0 Å². The van der Waals surface area contributed by atoms with E-state index < -0.39 is 0 Å². The lowest BCUT2D eigenvalue weighted by atomic mass is 9.78. The Hall–Kier alpha value is 1.14. The van der Waals surface area contributed by atoms with E-state index in [0.717, 1.165) is 5.92 Å². The lowest BCUT2D eigenvalue weighted by Gasteiger charge is -2.30. The van der Waals surface area contributed by atoms with E-state index in [-0.39, 0.29) is 7.47 Å². The lowest BCUT2D eigenvalue weighted by molar-refractivity contribution is 0.418. The Morgan fingerprint density at radius 3 is 2.12 bits per heavy atom. The van der Waals surface area contributed by atoms with Crippen molar-refractivity contribution >= 4 is 63.7 Å². The van der Waals surface area contributed by atoms with Crippen LogP contribution >= 0.6 is 63.7 Å². The molecule has 0 saturated heterocycles. The van der Waals surface area contributed by atoms with Crippen molar-refractivity contribution in [3.8, 4) is 0 Å². The van der Waals surface area contributed by atoms with E-state index >= 15 is 0 Å². The first-order chi connectivity index (χ1) is 7.61. The van der Waals surface area contributed by atoms with Crippen LogP contribution in [0.3, 0.4) is 0 Å². The van der Waals surface area contributed by atoms with Gasteiger partial charge in [0.15, 0.2) is 0 Å². The van der Waals surface area contributed by atoms with Crippen LogP contribution < -0.4 is 0 Å². The van der Waals surface area contributed by atoms with E-state index in [0.29, 0.717) is 0 Å². The van der Waals surface area contributed by atoms with Crippen LogP contribution in [0.4, 0.5) is 0 Å². The van der Waals surface area contributed by atoms with E-state index in [4.69, 9.17) is 0 Å². The molecule has 0 aliphatic heterocycles. The smallest absolute Gasteiger partial charge is 0.0712 e. The molecule has 0 bridgehead atoms. The molecule has 0 radical (unpaired) electrons. The summed E-state index contributed by atoms with van der Waals surface area (Å²) in [5.41, 5.74) is 4.18. The molecule has 2 rings (SSSR count). The highest BCUT2D eigenvalue weighted by molar-refractivity contribution is 9.24. The normalized spacial score (nSPS) is 16.9. The van der Waals surface area contributed by atoms with Crippen LogP contribution in [0.25, 0.3) is 0 Å². The lowest BCUT2D eigenvalue weighted by Crippen LogP contribution is -2.12. The number of benzene rings is 1. The molecule has 16 heavy (non-hydrogen) atoms. The van der Waals surface area contributed by atoms with Gasteiger partial charge in [-0.3, -0.25) is 0 Å². The van der Waals surface area contributed by atoms with Gasteiger partial charge in [-0.2, -0.15) is 0 Å². The van der Waals surface area contributed by atoms with Crippen molar-refractivity contribution in [2.24, 2.45) is 0 Å². The van der Waals surface area contributed by atoms with Gasteiger partial charge in [-0.05, 0) is 35.4 Å². The first kappa shape index (κ1) is 13.6. The molecule has 0 atom stereocenters. The Labute approximate surface area is 130 Å². The highest BCUT2D eigenvalue weighted by Crippen LogP contribution is 2.47. The second-order valence-corrected chi connectivity index (χ2v) is 10.2. The molecule has 0 aromatic heterocycles. The minimum absolute atomic E-state index is 0.215. The summed E-state index contributed by atoms with van der Waals surface area (Å²) in [6.07, 6.45) is 4.03. The number of hydrogen-bond donors (Lipinski definition) is 0. The van der Waals surface area contributed by atoms with E-state index in [9.17, 15) is 0 Å². The third kappa shape index (κ3) is 2.76. The second-order valence-electron chi connectivity index (χ2n) is 4.08. The standard InChI is InChI=1S/C12H12Br4/c13-11(14)9-6-2-5-8(7-3-1-4-7)10(9)12(15)16/h2,5-7,11-12H,1,3-4H2. The summed E-state index contributed by atoms with van der Waals surface area (Å²) in [5.74, 6) is 0.756. The molecular formula is C12H12Br4. The fourth-order valence-electron chi connectivity index (χ4n) is 2.12. The van der Waals surface area contributed by atoms with E-state index in [1.54, 1.807) is 0 Å². The fourth-order valence-corrected chi connectivity index (χ4v) is 3.97. The molecule has 0 unspecified atom stereocenters. The number of hydrogen-bond acceptors (Lipinski definition) is 0. The Bertz CT molecular complexity index is 369. The first-order valence-electron chi connectivity index (χ1n) is 5.30. The number of rotatable bonds is 3. The van der Waals surface area contributed by atoms with Gasteiger partial charge in [0.2, 0.25) is 0 Å². The van der Waals surface area contributed by atoms with E-state index in [2.05, 4.69) is 81.9 Å². The molecular weight excluding hydrogens is 464 g/mol. The molecule has 0 heterocycles. The third-order valence-corrected chi connectivity index (χ3v) is 5.07. The van der Waals surface area contributed by atoms with E-state index in [1.165, 1.54) is 36.0 Å². The predicted molar refractivity (Wildman–Crippen MR) is 84.2 cm³/mol. The molecule has 1 aliphatic rings. The van der Waals surface area contributed by atoms with E-state index in [1.807, 2.05) is 0 Å². The summed E-state index contributed by atoms with van der Waals surface area (Å²) in [6.45, 7) is 0. The van der Waals surface area contributed by atoms with Crippen molar-refractivity contribution < 1.29 is 0 Å². The van der Waals surface area contributed by atoms with Gasteiger partial charge in [-0.15, -0.1) is 0 Å². The van der Waals surface area contributed by atoms with Crippen LogP contribution in [0, 0.1) is 0 Å². The molecule has 1 aromatic carbocycles. The van der Waals surface area contributed by atoms with Crippen molar-refractivity contribution in [2.45, 2.75) is 32.7 Å². The first-order valence-corrected chi connectivity index (χ1v) is 8.96. The van der Waals surface area contributed by atoms with Gasteiger partial charge in [0.05, 0.1) is 7.47 Å². The maximum atomic E-state index is 3.65. The average molecular weight is 476 g/mol. The molecule has 0 spiro atoms. The zero-order chi connectivity index (χ0) is 11.7. The van der Waals surface area contributed by atoms with Gasteiger partial charge in [0, 0.05) is 0 Å². The van der Waals surface area contributed by atoms with Gasteiger partial charge >= 0.3 is 0 Å². The zero-order valence-electron chi connectivity index (χ0n) is 8.60. The molecule has 88 valence electrons. The number of halogens is 4. The fraction of sp³-hybridized carbons (Fsp3) is 0.500. The van der Waals surface area contributed by atoms with Crippen LogP contribution in [-0.4, -0.2) is 0 Å². The van der Waals surface area contributed by atoms with Gasteiger partial charge in [0.25, 0.3) is 0 Å². The highest BCUT2D eigenvalue weighted by atomic mass is 79.9. The molecule has 1 fully saturated rings. The zero-order valence-corrected chi connectivity index (χ0v) is 14.9. The molecule has 0 N–H and O–H groups in total. The third-order valence-electron chi connectivity index (χ3n) is 3.17. The molecule has 0 nitrogen and oxygen atoms in total. The van der Waals surface area contributed by atoms with Gasteiger partial charge in [-0.25, -0.2) is 0 Å². The summed E-state index contributed by atoms with van der Waals surface area (Å²) in [5, 5.41) is 0. The molecule has 0 amide bonds. The SMILES string of the molecule is BrC(Br)c1cccc(C2CCC2)c1C(Br)Br. The van der Waals surface area contributed by atoms with Crippen molar-refractivity contribution in [1.82, 2.24) is 0 Å². The Morgan fingerprint density at radius 2 is 1.69 bits per heavy atom. The minimum atomic E-state index is 0.215. The van der Waals surface area contributed by atoms with Crippen LogP contribution in [0.1, 0.15) is 49.3 Å². The maximum Gasteiger partial charge on any atom is 0.0952 e. The Kier molecular flexibility index (Phi) is 4.96. The summed E-state index contributed by atoms with van der Waals surface area (Å²) in [4.78, 5) is 0. The van der Waals surface area contributed by atoms with Crippen molar-refractivity contribution in [3.05, 3.63) is 34.9 Å². The minimum Gasteiger partial charge on any atom is -0.0712 e. The summed E-state index contributed by atoms with van der Waals surface area (Å²) in [6, 6.07) is 6.59.